The highest BCUT2D eigenvalue weighted by atomic mass is 32.2. The number of thioether (sulfide) groups is 2. The Bertz CT molecular complexity index is 1110. The summed E-state index contributed by atoms with van der Waals surface area (Å²) in [7, 11) is 0. The van der Waals surface area contributed by atoms with Gasteiger partial charge >= 0.3 is 0 Å². The van der Waals surface area contributed by atoms with Gasteiger partial charge in [-0.1, -0.05) is 100 Å². The Morgan fingerprint density at radius 1 is 0.659 bits per heavy atom. The summed E-state index contributed by atoms with van der Waals surface area (Å²) in [4.78, 5) is 6.89. The Hall–Kier alpha value is -2.45. The van der Waals surface area contributed by atoms with Gasteiger partial charge in [-0.25, -0.2) is 4.99 Å². The molecule has 0 aliphatic carbocycles. The summed E-state index contributed by atoms with van der Waals surface area (Å²) < 4.78 is 0. The van der Waals surface area contributed by atoms with Crippen molar-refractivity contribution in [3.05, 3.63) is 65.2 Å². The third kappa shape index (κ3) is 13.4. The molecule has 0 saturated carbocycles. The standard InChI is InChI=1S/C33H48N6S2/c1-4-7-8-9-10-11-12-13-14-15-16-28-17-19-29(20-18-28)35-37-32-25-26-40-33(34-27-41-32)38-36-30-21-23-31(24-22-30)39(5-2)6-3/h17-25H,4-16,26-27H2,1-3H3. The summed E-state index contributed by atoms with van der Waals surface area (Å²) in [5.74, 6) is 1.28. The van der Waals surface area contributed by atoms with Crippen molar-refractivity contribution < 1.29 is 0 Å². The van der Waals surface area contributed by atoms with Gasteiger partial charge in [0.25, 0.3) is 0 Å². The van der Waals surface area contributed by atoms with Crippen LogP contribution in [0.5, 0.6) is 0 Å². The van der Waals surface area contributed by atoms with Gasteiger partial charge in [0.05, 0.1) is 17.3 Å². The molecule has 0 N–H and O–H groups in total. The summed E-state index contributed by atoms with van der Waals surface area (Å²) in [5, 5.41) is 19.3. The van der Waals surface area contributed by atoms with Crippen molar-refractivity contribution in [2.24, 2.45) is 25.4 Å². The van der Waals surface area contributed by atoms with Crippen LogP contribution in [0.4, 0.5) is 17.1 Å². The molecule has 0 bridgehead atoms. The predicted molar refractivity (Wildman–Crippen MR) is 181 cm³/mol. The minimum atomic E-state index is 0.547. The van der Waals surface area contributed by atoms with Crippen molar-refractivity contribution in [1.29, 1.82) is 0 Å². The second kappa shape index (κ2) is 20.4. The van der Waals surface area contributed by atoms with Gasteiger partial charge in [-0.3, -0.25) is 0 Å². The molecule has 2 aromatic carbocycles. The molecule has 2 aromatic rings. The zero-order valence-corrected chi connectivity index (χ0v) is 26.9. The highest BCUT2D eigenvalue weighted by molar-refractivity contribution is 8.14. The van der Waals surface area contributed by atoms with Gasteiger partial charge in [-0.2, -0.15) is 5.11 Å². The second-order valence-corrected chi connectivity index (χ2v) is 12.2. The lowest BCUT2D eigenvalue weighted by Crippen LogP contribution is -2.21. The quantitative estimate of drug-likeness (QED) is 0.135. The lowest BCUT2D eigenvalue weighted by atomic mass is 10.0. The lowest BCUT2D eigenvalue weighted by molar-refractivity contribution is 0.556. The molecule has 222 valence electrons. The van der Waals surface area contributed by atoms with Crippen LogP contribution in [0.1, 0.15) is 90.5 Å². The average Bonchev–Trinajstić information content (AvgIpc) is 2.99. The molecule has 0 aromatic heterocycles. The molecule has 0 spiro atoms. The minimum Gasteiger partial charge on any atom is -0.372 e. The Labute approximate surface area is 256 Å². The molecule has 3 rings (SSSR count). The summed E-state index contributed by atoms with van der Waals surface area (Å²) in [5.41, 5.74) is 4.31. The van der Waals surface area contributed by atoms with Crippen LogP contribution in [-0.4, -0.2) is 29.9 Å². The van der Waals surface area contributed by atoms with E-state index in [1.165, 1.54) is 75.5 Å². The topological polar surface area (TPSA) is 65.0 Å². The van der Waals surface area contributed by atoms with Gasteiger partial charge in [0, 0.05) is 24.5 Å². The first kappa shape index (κ1) is 33.1. The maximum Gasteiger partial charge on any atom is 0.205 e. The van der Waals surface area contributed by atoms with Crippen molar-refractivity contribution in [2.75, 3.05) is 29.6 Å². The molecule has 0 unspecified atom stereocenters. The fraction of sp³-hybridized carbons (Fsp3) is 0.545. The number of nitrogens with zero attached hydrogens (tertiary/aromatic N) is 6. The molecule has 0 radical (unpaired) electrons. The first-order valence-electron chi connectivity index (χ1n) is 15.5. The van der Waals surface area contributed by atoms with Crippen LogP contribution in [-0.2, 0) is 6.42 Å². The van der Waals surface area contributed by atoms with E-state index in [1.54, 1.807) is 23.5 Å². The van der Waals surface area contributed by atoms with Crippen LogP contribution >= 0.6 is 23.5 Å². The Balaban J connectivity index is 1.35. The fourth-order valence-corrected chi connectivity index (χ4v) is 6.10. The molecule has 1 aliphatic rings. The summed E-state index contributed by atoms with van der Waals surface area (Å²) >= 11 is 3.14. The van der Waals surface area contributed by atoms with Crippen LogP contribution in [0.2, 0.25) is 0 Å². The highest BCUT2D eigenvalue weighted by Crippen LogP contribution is 2.26. The van der Waals surface area contributed by atoms with Gasteiger partial charge in [-0.05, 0) is 74.7 Å². The van der Waals surface area contributed by atoms with Crippen LogP contribution in [0.15, 0.2) is 85.1 Å². The van der Waals surface area contributed by atoms with Gasteiger partial charge in [0.2, 0.25) is 5.17 Å². The number of anilines is 1. The summed E-state index contributed by atoms with van der Waals surface area (Å²) in [6, 6.07) is 16.7. The molecule has 0 fully saturated rings. The third-order valence-corrected chi connectivity index (χ3v) is 8.74. The molecule has 0 saturated heterocycles. The van der Waals surface area contributed by atoms with Crippen LogP contribution in [0.25, 0.3) is 0 Å². The van der Waals surface area contributed by atoms with Gasteiger partial charge in [-0.15, -0.1) is 15.3 Å². The number of hydrogen-bond acceptors (Lipinski definition) is 8. The van der Waals surface area contributed by atoms with E-state index in [0.29, 0.717) is 11.0 Å². The highest BCUT2D eigenvalue weighted by Gasteiger charge is 2.06. The summed E-state index contributed by atoms with van der Waals surface area (Å²) in [6.07, 6.45) is 17.0. The predicted octanol–water partition coefficient (Wildman–Crippen LogP) is 11.5. The van der Waals surface area contributed by atoms with E-state index in [1.807, 2.05) is 12.1 Å². The third-order valence-electron chi connectivity index (χ3n) is 7.13. The van der Waals surface area contributed by atoms with Crippen molar-refractivity contribution >= 4 is 45.8 Å². The van der Waals surface area contributed by atoms with E-state index in [4.69, 9.17) is 0 Å². The molecule has 8 heteroatoms. The molecule has 0 atom stereocenters. The maximum absolute atomic E-state index is 4.59. The number of azo groups is 2. The van der Waals surface area contributed by atoms with Crippen molar-refractivity contribution in [3.8, 4) is 0 Å². The number of aliphatic imine (C=N–C) groups is 1. The van der Waals surface area contributed by atoms with Crippen LogP contribution in [0, 0.1) is 0 Å². The van der Waals surface area contributed by atoms with Crippen molar-refractivity contribution in [2.45, 2.75) is 91.4 Å². The summed E-state index contributed by atoms with van der Waals surface area (Å²) in [6.45, 7) is 8.59. The first-order chi connectivity index (χ1) is 20.2. The molecular formula is C33H48N6S2. The Morgan fingerprint density at radius 3 is 1.88 bits per heavy atom. The van der Waals surface area contributed by atoms with Crippen molar-refractivity contribution in [3.63, 3.8) is 0 Å². The number of hydrogen-bond donors (Lipinski definition) is 0. The fourth-order valence-electron chi connectivity index (χ4n) is 4.65. The largest absolute Gasteiger partial charge is 0.372 e. The number of benzene rings is 2. The van der Waals surface area contributed by atoms with E-state index in [-0.39, 0.29) is 0 Å². The van der Waals surface area contributed by atoms with Crippen molar-refractivity contribution in [1.82, 2.24) is 0 Å². The SMILES string of the molecule is CCCCCCCCCCCCc1ccc(N=NC2=CCSC(N=Nc3ccc(N(CC)CC)cc3)=NCS2)cc1. The molecular weight excluding hydrogens is 545 g/mol. The molecule has 0 amide bonds. The van der Waals surface area contributed by atoms with E-state index >= 15 is 0 Å². The van der Waals surface area contributed by atoms with Crippen LogP contribution in [0.3, 0.4) is 0 Å². The van der Waals surface area contributed by atoms with E-state index in [0.717, 1.165) is 41.7 Å². The zero-order valence-electron chi connectivity index (χ0n) is 25.3. The van der Waals surface area contributed by atoms with E-state index < -0.39 is 0 Å². The Morgan fingerprint density at radius 2 is 1.24 bits per heavy atom. The van der Waals surface area contributed by atoms with Gasteiger partial charge in [0.15, 0.2) is 0 Å². The normalized spacial score (nSPS) is 14.2. The zero-order chi connectivity index (χ0) is 29.0. The van der Waals surface area contributed by atoms with Gasteiger partial charge < -0.3 is 4.90 Å². The first-order valence-corrected chi connectivity index (χ1v) is 17.5. The average molecular weight is 593 g/mol. The monoisotopic (exact) mass is 592 g/mol. The molecule has 6 nitrogen and oxygen atoms in total. The number of rotatable bonds is 17. The number of unbranched alkanes of at least 4 members (excludes halogenated alkanes) is 9. The van der Waals surface area contributed by atoms with Crippen LogP contribution < -0.4 is 4.90 Å². The molecule has 1 aliphatic heterocycles. The van der Waals surface area contributed by atoms with Gasteiger partial charge in [0.1, 0.15) is 5.03 Å². The Kier molecular flexibility index (Phi) is 16.5. The smallest absolute Gasteiger partial charge is 0.205 e. The number of amidine groups is 1. The number of aryl methyl sites for hydroxylation is 1. The molecule has 41 heavy (non-hydrogen) atoms. The molecule has 1 heterocycles. The lowest BCUT2D eigenvalue weighted by Gasteiger charge is -2.20. The minimum absolute atomic E-state index is 0.547. The maximum atomic E-state index is 4.59. The van der Waals surface area contributed by atoms with E-state index in [9.17, 15) is 0 Å². The van der Waals surface area contributed by atoms with E-state index in [2.05, 4.69) is 93.6 Å². The second-order valence-electron chi connectivity index (χ2n) is 10.3.